The molecule has 7 nitrogen and oxygen atoms in total. The van der Waals surface area contributed by atoms with Crippen LogP contribution in [0.1, 0.15) is 5.56 Å². The first kappa shape index (κ1) is 13.4. The van der Waals surface area contributed by atoms with Crippen molar-refractivity contribution in [2.45, 2.75) is 5.75 Å². The molecule has 0 fully saturated rings. The van der Waals surface area contributed by atoms with Crippen LogP contribution < -0.4 is 4.41 Å². The second-order valence-electron chi connectivity index (χ2n) is 4.41. The number of nitrogens with zero attached hydrogens (tertiary/aromatic N) is 3. The number of rotatable bonds is 5. The molecule has 1 N–H and O–H groups in total. The predicted octanol–water partition coefficient (Wildman–Crippen LogP) is 0.989. The molecule has 3 rings (SSSR count). The topological polar surface area (TPSA) is 88.1 Å². The Morgan fingerprint density at radius 3 is 2.76 bits per heavy atom. The van der Waals surface area contributed by atoms with Crippen LogP contribution in [-0.2, 0) is 20.6 Å². The van der Waals surface area contributed by atoms with E-state index in [-0.39, 0.29) is 12.2 Å². The van der Waals surface area contributed by atoms with Gasteiger partial charge in [-0.15, -0.1) is 4.41 Å². The van der Waals surface area contributed by atoms with Crippen molar-refractivity contribution < 1.29 is 13.2 Å². The van der Waals surface area contributed by atoms with E-state index in [2.05, 4.69) is 9.97 Å². The van der Waals surface area contributed by atoms with E-state index in [0.717, 1.165) is 5.39 Å². The van der Waals surface area contributed by atoms with E-state index < -0.39 is 10.0 Å². The summed E-state index contributed by atoms with van der Waals surface area (Å²) in [5, 5.41) is 0.722. The van der Waals surface area contributed by atoms with Gasteiger partial charge in [-0.3, -0.25) is 9.47 Å². The van der Waals surface area contributed by atoms with Gasteiger partial charge in [0.2, 0.25) is 6.41 Å². The third kappa shape index (κ3) is 2.40. The fourth-order valence-corrected chi connectivity index (χ4v) is 3.41. The van der Waals surface area contributed by atoms with Gasteiger partial charge in [-0.2, -0.15) is 0 Å². The molecule has 0 saturated carbocycles. The largest absolute Gasteiger partial charge is 0.346 e. The highest BCUT2D eigenvalue weighted by atomic mass is 32.2. The summed E-state index contributed by atoms with van der Waals surface area (Å²) in [7, 11) is -3.83. The zero-order chi connectivity index (χ0) is 14.9. The number of amides is 1. The minimum absolute atomic E-state index is 0.280. The minimum Gasteiger partial charge on any atom is -0.346 e. The first-order chi connectivity index (χ1) is 10.1. The van der Waals surface area contributed by atoms with Gasteiger partial charge in [0.05, 0.1) is 5.75 Å². The molecule has 8 heteroatoms. The van der Waals surface area contributed by atoms with Crippen LogP contribution in [0.5, 0.6) is 0 Å². The minimum atomic E-state index is -3.83. The zero-order valence-electron chi connectivity index (χ0n) is 10.9. The lowest BCUT2D eigenvalue weighted by Gasteiger charge is -2.18. The van der Waals surface area contributed by atoms with E-state index in [9.17, 15) is 13.2 Å². The molecule has 21 heavy (non-hydrogen) atoms. The van der Waals surface area contributed by atoms with Gasteiger partial charge in [-0.05, 0) is 29.8 Å². The number of hydrogen-bond acceptors (Lipinski definition) is 4. The number of nitrogens with one attached hydrogen (secondary N) is 1. The highest BCUT2D eigenvalue weighted by Crippen LogP contribution is 2.19. The fourth-order valence-electron chi connectivity index (χ4n) is 2.12. The highest BCUT2D eigenvalue weighted by molar-refractivity contribution is 7.92. The smallest absolute Gasteiger partial charge is 0.259 e. The molecule has 108 valence electrons. The van der Waals surface area contributed by atoms with Crippen LogP contribution >= 0.6 is 0 Å². The van der Waals surface area contributed by atoms with E-state index in [0.29, 0.717) is 15.6 Å². The van der Waals surface area contributed by atoms with Crippen LogP contribution in [0.15, 0.2) is 49.1 Å². The Morgan fingerprint density at radius 1 is 1.29 bits per heavy atom. The van der Waals surface area contributed by atoms with Gasteiger partial charge < -0.3 is 4.98 Å². The third-order valence-corrected chi connectivity index (χ3v) is 4.59. The number of carbonyl (C=O) groups is 1. The third-order valence-electron chi connectivity index (χ3n) is 3.07. The van der Waals surface area contributed by atoms with E-state index >= 15 is 0 Å². The SMILES string of the molecule is O=CN(n1cccc1)S(=O)(=O)Cc1c[nH]c2ncccc12. The number of aromatic amines is 1. The molecule has 0 unspecified atom stereocenters. The molecule has 3 heterocycles. The zero-order valence-corrected chi connectivity index (χ0v) is 11.7. The van der Waals surface area contributed by atoms with E-state index in [1.807, 2.05) is 0 Å². The van der Waals surface area contributed by atoms with Crippen LogP contribution in [0.25, 0.3) is 11.0 Å². The summed E-state index contributed by atoms with van der Waals surface area (Å²) >= 11 is 0. The maximum Gasteiger partial charge on any atom is 0.259 e. The van der Waals surface area contributed by atoms with E-state index in [1.54, 1.807) is 36.7 Å². The normalized spacial score (nSPS) is 11.6. The molecule has 3 aromatic rings. The molecule has 0 bridgehead atoms. The number of hydrogen-bond donors (Lipinski definition) is 1. The lowest BCUT2D eigenvalue weighted by molar-refractivity contribution is -0.107. The molecule has 0 aliphatic heterocycles. The molecule has 1 amide bonds. The van der Waals surface area contributed by atoms with Crippen LogP contribution in [0.4, 0.5) is 0 Å². The monoisotopic (exact) mass is 304 g/mol. The molecule has 3 aromatic heterocycles. The molecule has 0 atom stereocenters. The Hall–Kier alpha value is -2.61. The number of aromatic nitrogens is 3. The second-order valence-corrected chi connectivity index (χ2v) is 6.24. The van der Waals surface area contributed by atoms with Crippen molar-refractivity contribution in [2.24, 2.45) is 0 Å². The van der Waals surface area contributed by atoms with Crippen molar-refractivity contribution in [1.29, 1.82) is 0 Å². The maximum absolute atomic E-state index is 12.4. The van der Waals surface area contributed by atoms with Gasteiger partial charge in [0.25, 0.3) is 10.0 Å². The number of carbonyl (C=O) groups excluding carboxylic acids is 1. The number of fused-ring (bicyclic) bond motifs is 1. The van der Waals surface area contributed by atoms with Crippen LogP contribution in [0.3, 0.4) is 0 Å². The van der Waals surface area contributed by atoms with Crippen molar-refractivity contribution in [1.82, 2.24) is 14.6 Å². The summed E-state index contributed by atoms with van der Waals surface area (Å²) in [6.45, 7) is 0. The van der Waals surface area contributed by atoms with Gasteiger partial charge in [0, 0.05) is 30.2 Å². The van der Waals surface area contributed by atoms with Gasteiger partial charge in [-0.1, -0.05) is 0 Å². The average molecular weight is 304 g/mol. The maximum atomic E-state index is 12.4. The summed E-state index contributed by atoms with van der Waals surface area (Å²) in [5.41, 5.74) is 1.18. The number of sulfonamides is 1. The van der Waals surface area contributed by atoms with Gasteiger partial charge in [0.15, 0.2) is 0 Å². The Bertz CT molecular complexity index is 868. The molecule has 0 aliphatic carbocycles. The number of H-pyrrole nitrogens is 1. The molecule has 0 saturated heterocycles. The number of pyridine rings is 1. The first-order valence-corrected chi connectivity index (χ1v) is 7.74. The van der Waals surface area contributed by atoms with Crippen LogP contribution in [0, 0.1) is 0 Å². The highest BCUT2D eigenvalue weighted by Gasteiger charge is 2.23. The molecule has 0 aliphatic rings. The fraction of sp³-hybridized carbons (Fsp3) is 0.0769. The van der Waals surface area contributed by atoms with Crippen molar-refractivity contribution in [3.05, 3.63) is 54.6 Å². The van der Waals surface area contributed by atoms with E-state index in [1.165, 1.54) is 17.1 Å². The van der Waals surface area contributed by atoms with Gasteiger partial charge in [-0.25, -0.2) is 13.4 Å². The molecule has 0 radical (unpaired) electrons. The van der Waals surface area contributed by atoms with Gasteiger partial charge >= 0.3 is 0 Å². The standard InChI is InChI=1S/C13H12N4O3S/c18-10-17(16-6-1-2-7-16)21(19,20)9-11-8-15-13-12(11)4-3-5-14-13/h1-8,10H,9H2,(H,14,15). The summed E-state index contributed by atoms with van der Waals surface area (Å²) in [4.78, 5) is 18.2. The van der Waals surface area contributed by atoms with Crippen LogP contribution in [0.2, 0.25) is 0 Å². The Kier molecular flexibility index (Phi) is 3.22. The molecule has 0 spiro atoms. The summed E-state index contributed by atoms with van der Waals surface area (Å²) < 4.78 is 26.7. The molecular formula is C13H12N4O3S. The lowest BCUT2D eigenvalue weighted by Crippen LogP contribution is -2.39. The Balaban J connectivity index is 1.97. The van der Waals surface area contributed by atoms with Crippen molar-refractivity contribution in [3.63, 3.8) is 0 Å². The van der Waals surface area contributed by atoms with Crippen molar-refractivity contribution >= 4 is 27.5 Å². The lowest BCUT2D eigenvalue weighted by atomic mass is 10.2. The average Bonchev–Trinajstić information content (AvgIpc) is 3.10. The van der Waals surface area contributed by atoms with Crippen LogP contribution in [-0.4, -0.2) is 29.5 Å². The van der Waals surface area contributed by atoms with E-state index in [4.69, 9.17) is 0 Å². The first-order valence-electron chi connectivity index (χ1n) is 6.13. The Morgan fingerprint density at radius 2 is 2.05 bits per heavy atom. The Labute approximate surface area is 120 Å². The molecule has 0 aromatic carbocycles. The second kappa shape index (κ2) is 5.06. The van der Waals surface area contributed by atoms with Gasteiger partial charge in [0.1, 0.15) is 5.65 Å². The summed E-state index contributed by atoms with van der Waals surface area (Å²) in [6, 6.07) is 6.80. The quantitative estimate of drug-likeness (QED) is 0.712. The predicted molar refractivity (Wildman–Crippen MR) is 77.4 cm³/mol. The summed E-state index contributed by atoms with van der Waals surface area (Å²) in [6.07, 6.45) is 6.47. The summed E-state index contributed by atoms with van der Waals surface area (Å²) in [5.74, 6) is -0.296. The van der Waals surface area contributed by atoms with Crippen molar-refractivity contribution in [3.8, 4) is 0 Å². The van der Waals surface area contributed by atoms with Crippen molar-refractivity contribution in [2.75, 3.05) is 4.41 Å². The molecular weight excluding hydrogens is 292 g/mol.